The lowest BCUT2D eigenvalue weighted by Crippen LogP contribution is -2.39. The van der Waals surface area contributed by atoms with Crippen molar-refractivity contribution >= 4 is 29.1 Å². The highest BCUT2D eigenvalue weighted by Gasteiger charge is 2.33. The minimum Gasteiger partial charge on any atom is -0.466 e. The van der Waals surface area contributed by atoms with Crippen molar-refractivity contribution in [2.45, 2.75) is 13.0 Å². The van der Waals surface area contributed by atoms with Crippen molar-refractivity contribution in [1.82, 2.24) is 14.8 Å². The highest BCUT2D eigenvalue weighted by atomic mass is 32.1. The Labute approximate surface area is 211 Å². The van der Waals surface area contributed by atoms with Crippen LogP contribution in [0.2, 0.25) is 0 Å². The second-order valence-corrected chi connectivity index (χ2v) is 9.63. The number of carbonyl (C=O) groups excluding carboxylic acids is 1. The molecule has 0 spiro atoms. The Morgan fingerprint density at radius 1 is 1.14 bits per heavy atom. The lowest BCUT2D eigenvalue weighted by Gasteiger charge is -2.25. The van der Waals surface area contributed by atoms with Crippen LogP contribution in [0.1, 0.15) is 24.1 Å². The van der Waals surface area contributed by atoms with Crippen molar-refractivity contribution in [2.24, 2.45) is 4.99 Å². The lowest BCUT2D eigenvalue weighted by molar-refractivity contribution is -0.136. The molecule has 0 amide bonds. The highest BCUT2D eigenvalue weighted by molar-refractivity contribution is 7.07. The standard InChI is InChI=1S/C27H25N5O3S/c1-16-22(26(34)35-4)24(18-10-12-20(13-11-18)31(2)3)32-25(33)21(36-27(32)29-16)14-19-15-28-30-23(19)17-8-6-5-7-9-17/h5-15,24H,1-4H3,(H,28,30)/b21-14+/t24-/m1/s1. The van der Waals surface area contributed by atoms with Gasteiger partial charge in [0, 0.05) is 30.9 Å². The Bertz CT molecular complexity index is 1640. The van der Waals surface area contributed by atoms with Gasteiger partial charge in [-0.05, 0) is 30.7 Å². The molecule has 36 heavy (non-hydrogen) atoms. The summed E-state index contributed by atoms with van der Waals surface area (Å²) in [6.07, 6.45) is 3.52. The first-order valence-corrected chi connectivity index (χ1v) is 12.2. The molecule has 1 N–H and O–H groups in total. The summed E-state index contributed by atoms with van der Waals surface area (Å²) in [6, 6.07) is 17.0. The minimum atomic E-state index is -0.648. The van der Waals surface area contributed by atoms with Gasteiger partial charge in [0.15, 0.2) is 4.80 Å². The number of methoxy groups -OCH3 is 1. The second kappa shape index (κ2) is 9.43. The predicted molar refractivity (Wildman–Crippen MR) is 141 cm³/mol. The summed E-state index contributed by atoms with van der Waals surface area (Å²) in [5.74, 6) is -0.506. The normalized spacial score (nSPS) is 15.4. The summed E-state index contributed by atoms with van der Waals surface area (Å²) in [5, 5.41) is 7.22. The van der Waals surface area contributed by atoms with Gasteiger partial charge in [-0.3, -0.25) is 14.5 Å². The van der Waals surface area contributed by atoms with Crippen LogP contribution in [0.4, 0.5) is 5.69 Å². The van der Waals surface area contributed by atoms with E-state index in [1.807, 2.05) is 79.7 Å². The van der Waals surface area contributed by atoms with Crippen LogP contribution in [0.5, 0.6) is 0 Å². The highest BCUT2D eigenvalue weighted by Crippen LogP contribution is 2.31. The van der Waals surface area contributed by atoms with Crippen LogP contribution in [0.3, 0.4) is 0 Å². The van der Waals surface area contributed by atoms with E-state index in [2.05, 4.69) is 15.2 Å². The molecule has 1 aliphatic heterocycles. The number of rotatable bonds is 5. The van der Waals surface area contributed by atoms with Crippen molar-refractivity contribution in [3.63, 3.8) is 0 Å². The largest absolute Gasteiger partial charge is 0.466 e. The van der Waals surface area contributed by atoms with Crippen LogP contribution in [-0.4, -0.2) is 41.9 Å². The summed E-state index contributed by atoms with van der Waals surface area (Å²) in [7, 11) is 5.26. The van der Waals surface area contributed by atoms with E-state index in [0.717, 1.165) is 28.1 Å². The van der Waals surface area contributed by atoms with Crippen LogP contribution in [0, 0.1) is 0 Å². The molecule has 4 aromatic rings. The van der Waals surface area contributed by atoms with Crippen molar-refractivity contribution in [3.05, 3.63) is 103 Å². The Balaban J connectivity index is 1.69. The van der Waals surface area contributed by atoms with E-state index in [0.29, 0.717) is 20.6 Å². The van der Waals surface area contributed by atoms with E-state index < -0.39 is 12.0 Å². The van der Waals surface area contributed by atoms with Gasteiger partial charge < -0.3 is 9.64 Å². The number of benzene rings is 2. The first-order valence-electron chi connectivity index (χ1n) is 11.4. The molecule has 0 fully saturated rings. The monoisotopic (exact) mass is 499 g/mol. The van der Waals surface area contributed by atoms with Gasteiger partial charge in [-0.15, -0.1) is 0 Å². The fourth-order valence-electron chi connectivity index (χ4n) is 4.34. The van der Waals surface area contributed by atoms with Gasteiger partial charge in [-0.1, -0.05) is 53.8 Å². The topological polar surface area (TPSA) is 92.6 Å². The first-order chi connectivity index (χ1) is 17.4. The zero-order valence-electron chi connectivity index (χ0n) is 20.4. The fourth-order valence-corrected chi connectivity index (χ4v) is 5.38. The molecule has 182 valence electrons. The van der Waals surface area contributed by atoms with Gasteiger partial charge in [0.05, 0.1) is 40.8 Å². The SMILES string of the molecule is COC(=O)C1=C(C)N=c2s/c(=C/c3cn[nH]c3-c3ccccc3)c(=O)n2[C@@H]1c1ccc(N(C)C)cc1. The number of nitrogens with zero attached hydrogens (tertiary/aromatic N) is 4. The molecule has 1 aliphatic rings. The molecule has 5 rings (SSSR count). The van der Waals surface area contributed by atoms with Crippen LogP contribution in [-0.2, 0) is 9.53 Å². The van der Waals surface area contributed by atoms with Gasteiger partial charge >= 0.3 is 5.97 Å². The zero-order chi connectivity index (χ0) is 25.4. The number of H-pyrrole nitrogens is 1. The maximum absolute atomic E-state index is 13.8. The van der Waals surface area contributed by atoms with Crippen molar-refractivity contribution in [2.75, 3.05) is 26.1 Å². The third-order valence-electron chi connectivity index (χ3n) is 6.17. The summed E-state index contributed by atoms with van der Waals surface area (Å²) in [5.41, 5.74) is 5.06. The van der Waals surface area contributed by atoms with E-state index in [1.165, 1.54) is 18.4 Å². The predicted octanol–water partition coefficient (Wildman–Crippen LogP) is 2.86. The number of esters is 1. The van der Waals surface area contributed by atoms with Crippen LogP contribution in [0.15, 0.2) is 81.9 Å². The van der Waals surface area contributed by atoms with Crippen LogP contribution in [0.25, 0.3) is 17.3 Å². The summed E-state index contributed by atoms with van der Waals surface area (Å²) in [4.78, 5) is 33.8. The number of hydrogen-bond acceptors (Lipinski definition) is 7. The van der Waals surface area contributed by atoms with E-state index in [1.54, 1.807) is 17.7 Å². The average Bonchev–Trinajstić information content (AvgIpc) is 3.47. The summed E-state index contributed by atoms with van der Waals surface area (Å²) in [6.45, 7) is 1.77. The number of aromatic nitrogens is 3. The van der Waals surface area contributed by atoms with Crippen molar-refractivity contribution in [3.8, 4) is 11.3 Å². The van der Waals surface area contributed by atoms with Crippen molar-refractivity contribution < 1.29 is 9.53 Å². The van der Waals surface area contributed by atoms with E-state index in [-0.39, 0.29) is 5.56 Å². The second-order valence-electron chi connectivity index (χ2n) is 8.63. The molecular formula is C27H25N5O3S. The summed E-state index contributed by atoms with van der Waals surface area (Å²) < 4.78 is 7.18. The van der Waals surface area contributed by atoms with Crippen molar-refractivity contribution in [1.29, 1.82) is 0 Å². The van der Waals surface area contributed by atoms with Gasteiger partial charge in [0.1, 0.15) is 0 Å². The number of ether oxygens (including phenoxy) is 1. The molecule has 0 unspecified atom stereocenters. The quantitative estimate of drug-likeness (QED) is 0.427. The van der Waals surface area contributed by atoms with Gasteiger partial charge in [0.25, 0.3) is 5.56 Å². The molecule has 0 aliphatic carbocycles. The third kappa shape index (κ3) is 4.07. The molecule has 2 aromatic carbocycles. The molecule has 0 saturated carbocycles. The maximum atomic E-state index is 13.8. The smallest absolute Gasteiger partial charge is 0.338 e. The first kappa shape index (κ1) is 23.5. The molecule has 0 radical (unpaired) electrons. The van der Waals surface area contributed by atoms with E-state index in [4.69, 9.17) is 4.74 Å². The molecule has 3 heterocycles. The number of anilines is 1. The number of nitrogens with one attached hydrogen (secondary N) is 1. The number of thiazole rings is 1. The molecule has 1 atom stereocenters. The van der Waals surface area contributed by atoms with E-state index in [9.17, 15) is 9.59 Å². The van der Waals surface area contributed by atoms with E-state index >= 15 is 0 Å². The Kier molecular flexibility index (Phi) is 6.15. The molecule has 0 bridgehead atoms. The fraction of sp³-hybridized carbons (Fsp3) is 0.185. The number of allylic oxidation sites excluding steroid dienone is 1. The number of aromatic amines is 1. The number of fused-ring (bicyclic) bond motifs is 1. The minimum absolute atomic E-state index is 0.227. The zero-order valence-corrected chi connectivity index (χ0v) is 21.2. The molecule has 8 nitrogen and oxygen atoms in total. The van der Waals surface area contributed by atoms with Crippen LogP contribution < -0.4 is 19.8 Å². The third-order valence-corrected chi connectivity index (χ3v) is 7.15. The Morgan fingerprint density at radius 2 is 1.86 bits per heavy atom. The van der Waals surface area contributed by atoms with Gasteiger partial charge in [-0.2, -0.15) is 5.10 Å². The molecule has 0 saturated heterocycles. The number of hydrogen-bond donors (Lipinski definition) is 1. The van der Waals surface area contributed by atoms with Gasteiger partial charge in [0.2, 0.25) is 0 Å². The van der Waals surface area contributed by atoms with Crippen LogP contribution >= 0.6 is 11.3 Å². The molecular weight excluding hydrogens is 474 g/mol. The Morgan fingerprint density at radius 3 is 2.53 bits per heavy atom. The van der Waals surface area contributed by atoms with Gasteiger partial charge in [-0.25, -0.2) is 9.79 Å². The molecule has 9 heteroatoms. The average molecular weight is 500 g/mol. The lowest BCUT2D eigenvalue weighted by atomic mass is 9.95. The number of carbonyl (C=O) groups is 1. The Hall–Kier alpha value is -4.24. The molecule has 2 aromatic heterocycles. The maximum Gasteiger partial charge on any atom is 0.338 e. The summed E-state index contributed by atoms with van der Waals surface area (Å²) >= 11 is 1.29.